The summed E-state index contributed by atoms with van der Waals surface area (Å²) in [7, 11) is 0. The van der Waals surface area contributed by atoms with Gasteiger partial charge in [-0.05, 0) is 26.8 Å². The average molecular weight is 368 g/mol. The number of H-pyrrole nitrogens is 2. The normalized spacial score (nSPS) is 13.3. The van der Waals surface area contributed by atoms with Gasteiger partial charge in [0.05, 0.1) is 29.0 Å². The summed E-state index contributed by atoms with van der Waals surface area (Å²) >= 11 is 0. The van der Waals surface area contributed by atoms with Gasteiger partial charge in [-0.3, -0.25) is 10.1 Å². The van der Waals surface area contributed by atoms with E-state index in [0.717, 1.165) is 23.1 Å². The molecule has 0 saturated heterocycles. The first-order valence-electron chi connectivity index (χ1n) is 8.41. The number of aryl methyl sites for hydroxylation is 1. The molecule has 0 unspecified atom stereocenters. The van der Waals surface area contributed by atoms with Crippen LogP contribution in [-0.2, 0) is 0 Å². The fourth-order valence-corrected chi connectivity index (χ4v) is 2.32. The predicted octanol–water partition coefficient (Wildman–Crippen LogP) is 3.99. The third kappa shape index (κ3) is 4.38. The number of hydrogen-bond acceptors (Lipinski definition) is 6. The molecule has 1 atom stereocenters. The molecule has 8 nitrogen and oxygen atoms in total. The van der Waals surface area contributed by atoms with Crippen molar-refractivity contribution >= 4 is 34.8 Å². The van der Waals surface area contributed by atoms with Crippen molar-refractivity contribution in [3.05, 3.63) is 48.2 Å². The minimum absolute atomic E-state index is 0.291. The zero-order chi connectivity index (χ0) is 19.4. The Balaban J connectivity index is 1.82. The number of halogens is 1. The van der Waals surface area contributed by atoms with Crippen LogP contribution in [0.2, 0.25) is 0 Å². The van der Waals surface area contributed by atoms with Crippen molar-refractivity contribution in [2.24, 2.45) is 4.99 Å². The lowest BCUT2D eigenvalue weighted by Gasteiger charge is -2.14. The van der Waals surface area contributed by atoms with E-state index in [9.17, 15) is 4.39 Å². The molecular formula is C18H21FN8. The van der Waals surface area contributed by atoms with Crippen LogP contribution in [0.15, 0.2) is 47.5 Å². The lowest BCUT2D eigenvalue weighted by molar-refractivity contribution is 0.683. The maximum absolute atomic E-state index is 13.2. The number of nitrogens with one attached hydrogen (secondary N) is 4. The number of allylic oxidation sites excluding steroid dienone is 2. The van der Waals surface area contributed by atoms with Gasteiger partial charge in [-0.2, -0.15) is 15.1 Å². The topological polar surface area (TPSA) is 107 Å². The summed E-state index contributed by atoms with van der Waals surface area (Å²) in [4.78, 5) is 16.1. The maximum atomic E-state index is 13.2. The second-order valence-electron chi connectivity index (χ2n) is 5.97. The van der Waals surface area contributed by atoms with E-state index in [1.807, 2.05) is 26.0 Å². The highest BCUT2D eigenvalue weighted by atomic mass is 19.1. The predicted molar refractivity (Wildman–Crippen MR) is 106 cm³/mol. The third-order valence-electron chi connectivity index (χ3n) is 3.85. The Hall–Kier alpha value is -3.49. The van der Waals surface area contributed by atoms with E-state index in [2.05, 4.69) is 47.4 Å². The summed E-state index contributed by atoms with van der Waals surface area (Å²) in [5, 5.41) is 14.2. The molecule has 0 saturated carbocycles. The number of nitrogens with zero attached hydrogens (tertiary/aromatic N) is 4. The zero-order valence-electron chi connectivity index (χ0n) is 15.3. The van der Waals surface area contributed by atoms with Gasteiger partial charge in [0.2, 0.25) is 5.95 Å². The van der Waals surface area contributed by atoms with Gasteiger partial charge >= 0.3 is 0 Å². The van der Waals surface area contributed by atoms with Gasteiger partial charge in [-0.1, -0.05) is 12.7 Å². The highest BCUT2D eigenvalue weighted by Gasteiger charge is 2.13. The summed E-state index contributed by atoms with van der Waals surface area (Å²) in [6, 6.07) is 3.47. The third-order valence-corrected chi connectivity index (χ3v) is 3.85. The molecule has 27 heavy (non-hydrogen) atoms. The van der Waals surface area contributed by atoms with E-state index in [1.54, 1.807) is 13.1 Å². The van der Waals surface area contributed by atoms with Crippen LogP contribution in [0.5, 0.6) is 0 Å². The lowest BCUT2D eigenvalue weighted by atomic mass is 10.2. The lowest BCUT2D eigenvalue weighted by Crippen LogP contribution is -2.19. The Morgan fingerprint density at radius 3 is 2.93 bits per heavy atom. The van der Waals surface area contributed by atoms with Crippen molar-refractivity contribution in [2.75, 3.05) is 10.6 Å². The smallest absolute Gasteiger partial charge is 0.227 e. The largest absolute Gasteiger partial charge is 0.346 e. The number of fused-ring (bicyclic) bond motifs is 1. The number of anilines is 3. The van der Waals surface area contributed by atoms with Crippen molar-refractivity contribution in [1.29, 1.82) is 0 Å². The van der Waals surface area contributed by atoms with E-state index < -0.39 is 5.83 Å². The first-order valence-corrected chi connectivity index (χ1v) is 8.41. The van der Waals surface area contributed by atoms with Crippen molar-refractivity contribution in [3.8, 4) is 0 Å². The molecule has 0 aliphatic carbocycles. The van der Waals surface area contributed by atoms with E-state index in [4.69, 9.17) is 0 Å². The standard InChI is InChI=1S/C18H21FN8/c1-5-13(19)9-21-11(3)12(4)22-18-24-16-14(6-7-20-16)17(25-18)23-15-8-10(2)26-27-15/h5-9,12H,3H2,1-2,4H3,(H4,20,22,23,24,25,26,27)/b13-5+,21-9-/t12-/m0/s1. The summed E-state index contributed by atoms with van der Waals surface area (Å²) < 4.78 is 13.2. The quantitative estimate of drug-likeness (QED) is 0.472. The molecule has 3 aromatic heterocycles. The fourth-order valence-electron chi connectivity index (χ4n) is 2.32. The van der Waals surface area contributed by atoms with Crippen LogP contribution in [0, 0.1) is 6.92 Å². The molecular weight excluding hydrogens is 347 g/mol. The van der Waals surface area contributed by atoms with Crippen LogP contribution in [-0.4, -0.2) is 37.4 Å². The number of hydrogen-bond donors (Lipinski definition) is 4. The van der Waals surface area contributed by atoms with Gasteiger partial charge in [0.15, 0.2) is 0 Å². The Morgan fingerprint density at radius 2 is 2.22 bits per heavy atom. The summed E-state index contributed by atoms with van der Waals surface area (Å²) in [6.45, 7) is 9.20. The Bertz CT molecular complexity index is 1010. The van der Waals surface area contributed by atoms with E-state index in [-0.39, 0.29) is 6.04 Å². The molecule has 3 rings (SSSR count). The highest BCUT2D eigenvalue weighted by Crippen LogP contribution is 2.24. The minimum Gasteiger partial charge on any atom is -0.346 e. The average Bonchev–Trinajstić information content (AvgIpc) is 3.28. The summed E-state index contributed by atoms with van der Waals surface area (Å²) in [5.74, 6) is 1.31. The van der Waals surface area contributed by atoms with Gasteiger partial charge in [-0.25, -0.2) is 4.39 Å². The fraction of sp³-hybridized carbons (Fsp3) is 0.222. The molecule has 0 aromatic carbocycles. The van der Waals surface area contributed by atoms with Crippen LogP contribution >= 0.6 is 0 Å². The first kappa shape index (κ1) is 18.3. The summed E-state index contributed by atoms with van der Waals surface area (Å²) in [5.41, 5.74) is 2.00. The molecule has 3 heterocycles. The van der Waals surface area contributed by atoms with Crippen molar-refractivity contribution in [1.82, 2.24) is 25.1 Å². The Morgan fingerprint density at radius 1 is 1.41 bits per heavy atom. The number of aromatic amines is 2. The molecule has 4 N–H and O–H groups in total. The molecule has 0 spiro atoms. The zero-order valence-corrected chi connectivity index (χ0v) is 15.3. The first-order chi connectivity index (χ1) is 13.0. The van der Waals surface area contributed by atoms with Gasteiger partial charge in [0, 0.05) is 12.3 Å². The molecule has 0 amide bonds. The number of aliphatic imine (C=N–C) groups is 1. The van der Waals surface area contributed by atoms with Crippen LogP contribution in [0.3, 0.4) is 0 Å². The van der Waals surface area contributed by atoms with Gasteiger partial charge in [0.25, 0.3) is 0 Å². The molecule has 0 bridgehead atoms. The van der Waals surface area contributed by atoms with E-state index in [1.165, 1.54) is 6.08 Å². The molecule has 9 heteroatoms. The molecule has 0 aliphatic rings. The second-order valence-corrected chi connectivity index (χ2v) is 5.97. The Kier molecular flexibility index (Phi) is 5.30. The van der Waals surface area contributed by atoms with Crippen LogP contribution in [0.25, 0.3) is 11.0 Å². The van der Waals surface area contributed by atoms with Crippen molar-refractivity contribution in [3.63, 3.8) is 0 Å². The second kappa shape index (κ2) is 7.81. The highest BCUT2D eigenvalue weighted by molar-refractivity contribution is 5.89. The summed E-state index contributed by atoms with van der Waals surface area (Å²) in [6.07, 6.45) is 4.24. The van der Waals surface area contributed by atoms with Gasteiger partial charge in [0.1, 0.15) is 23.1 Å². The van der Waals surface area contributed by atoms with E-state index in [0.29, 0.717) is 23.1 Å². The molecule has 140 valence electrons. The van der Waals surface area contributed by atoms with Crippen LogP contribution < -0.4 is 10.6 Å². The number of rotatable bonds is 7. The molecule has 0 aliphatic heterocycles. The monoisotopic (exact) mass is 368 g/mol. The van der Waals surface area contributed by atoms with Gasteiger partial charge in [-0.15, -0.1) is 0 Å². The minimum atomic E-state index is -0.422. The maximum Gasteiger partial charge on any atom is 0.227 e. The van der Waals surface area contributed by atoms with Gasteiger partial charge < -0.3 is 15.6 Å². The molecule has 0 fully saturated rings. The van der Waals surface area contributed by atoms with Crippen LogP contribution in [0.1, 0.15) is 19.5 Å². The Labute approximate surface area is 155 Å². The number of aromatic nitrogens is 5. The SMILES string of the molecule is C=C(/N=C\C(F)=C/C)[C@H](C)Nc1nc(Nc2cc(C)n[nH]2)c2cc[nH]c2n1. The van der Waals surface area contributed by atoms with E-state index >= 15 is 0 Å². The molecule has 3 aromatic rings. The van der Waals surface area contributed by atoms with Crippen LogP contribution in [0.4, 0.5) is 22.0 Å². The van der Waals surface area contributed by atoms with Crippen molar-refractivity contribution in [2.45, 2.75) is 26.8 Å². The van der Waals surface area contributed by atoms with Crippen molar-refractivity contribution < 1.29 is 4.39 Å². The molecule has 0 radical (unpaired) electrons.